The Morgan fingerprint density at radius 2 is 1.95 bits per heavy atom. The fourth-order valence-electron chi connectivity index (χ4n) is 2.74. The van der Waals surface area contributed by atoms with Crippen molar-refractivity contribution < 1.29 is 0 Å². The maximum absolute atomic E-state index is 9.41. The third-order valence-corrected chi connectivity index (χ3v) is 5.05. The molecular formula is C15H21N3S. The minimum absolute atomic E-state index is 0.761. The molecule has 1 aromatic rings. The van der Waals surface area contributed by atoms with Crippen molar-refractivity contribution in [1.82, 2.24) is 10.2 Å². The SMILES string of the molecule is CCc1nnc(SCC2CCCC2)c(C#N)c1CC. The van der Waals surface area contributed by atoms with Gasteiger partial charge in [-0.25, -0.2) is 0 Å². The number of hydrogen-bond donors (Lipinski definition) is 0. The first-order valence-corrected chi connectivity index (χ1v) is 8.20. The molecule has 19 heavy (non-hydrogen) atoms. The van der Waals surface area contributed by atoms with Crippen LogP contribution < -0.4 is 0 Å². The van der Waals surface area contributed by atoms with Crippen LogP contribution in [0, 0.1) is 17.2 Å². The molecule has 0 radical (unpaired) electrons. The molecule has 3 nitrogen and oxygen atoms in total. The van der Waals surface area contributed by atoms with E-state index in [2.05, 4.69) is 30.1 Å². The summed E-state index contributed by atoms with van der Waals surface area (Å²) in [7, 11) is 0. The molecule has 4 heteroatoms. The first-order valence-electron chi connectivity index (χ1n) is 7.21. The lowest BCUT2D eigenvalue weighted by Crippen LogP contribution is -2.06. The minimum Gasteiger partial charge on any atom is -0.192 e. The largest absolute Gasteiger partial charge is 0.192 e. The predicted octanol–water partition coefficient (Wildman–Crippen LogP) is 3.76. The molecule has 0 bridgehead atoms. The zero-order valence-electron chi connectivity index (χ0n) is 11.8. The zero-order valence-corrected chi connectivity index (χ0v) is 12.6. The van der Waals surface area contributed by atoms with Gasteiger partial charge in [-0.15, -0.1) is 16.9 Å². The Morgan fingerprint density at radius 3 is 2.53 bits per heavy atom. The number of nitrogens with zero attached hydrogens (tertiary/aromatic N) is 3. The van der Waals surface area contributed by atoms with Gasteiger partial charge >= 0.3 is 0 Å². The Bertz CT molecular complexity index is 473. The van der Waals surface area contributed by atoms with Gasteiger partial charge < -0.3 is 0 Å². The van der Waals surface area contributed by atoms with Crippen LogP contribution in [0.2, 0.25) is 0 Å². The van der Waals surface area contributed by atoms with Crippen LogP contribution >= 0.6 is 11.8 Å². The maximum Gasteiger partial charge on any atom is 0.137 e. The summed E-state index contributed by atoms with van der Waals surface area (Å²) in [5.74, 6) is 1.88. The van der Waals surface area contributed by atoms with Gasteiger partial charge in [-0.1, -0.05) is 26.7 Å². The van der Waals surface area contributed by atoms with Gasteiger partial charge in [0.15, 0.2) is 0 Å². The Balaban J connectivity index is 2.17. The van der Waals surface area contributed by atoms with E-state index in [4.69, 9.17) is 0 Å². The van der Waals surface area contributed by atoms with Crippen molar-refractivity contribution in [2.75, 3.05) is 5.75 Å². The molecule has 0 atom stereocenters. The highest BCUT2D eigenvalue weighted by molar-refractivity contribution is 7.99. The fourth-order valence-corrected chi connectivity index (χ4v) is 3.88. The standard InChI is InChI=1S/C15H21N3S/c1-3-12-13(9-16)15(18-17-14(12)4-2)19-10-11-7-5-6-8-11/h11H,3-8,10H2,1-2H3. The second-order valence-electron chi connectivity index (χ2n) is 5.09. The Kier molecular flexibility index (Phi) is 5.21. The van der Waals surface area contributed by atoms with E-state index < -0.39 is 0 Å². The molecule has 0 N–H and O–H groups in total. The van der Waals surface area contributed by atoms with Gasteiger partial charge in [-0.2, -0.15) is 10.4 Å². The van der Waals surface area contributed by atoms with Gasteiger partial charge in [0.1, 0.15) is 11.1 Å². The van der Waals surface area contributed by atoms with E-state index >= 15 is 0 Å². The van der Waals surface area contributed by atoms with Gasteiger partial charge in [0.25, 0.3) is 0 Å². The summed E-state index contributed by atoms with van der Waals surface area (Å²) in [5, 5.41) is 18.8. The van der Waals surface area contributed by atoms with Gasteiger partial charge in [0.2, 0.25) is 0 Å². The Morgan fingerprint density at radius 1 is 1.21 bits per heavy atom. The first kappa shape index (κ1) is 14.3. The topological polar surface area (TPSA) is 49.6 Å². The van der Waals surface area contributed by atoms with Crippen LogP contribution in [0.5, 0.6) is 0 Å². The van der Waals surface area contributed by atoms with E-state index in [1.54, 1.807) is 11.8 Å². The third-order valence-electron chi connectivity index (χ3n) is 3.86. The molecule has 102 valence electrons. The number of thioether (sulfide) groups is 1. The highest BCUT2D eigenvalue weighted by atomic mass is 32.2. The second kappa shape index (κ2) is 6.91. The van der Waals surface area contributed by atoms with Crippen molar-refractivity contribution in [3.05, 3.63) is 16.8 Å². The molecule has 1 aliphatic rings. The van der Waals surface area contributed by atoms with E-state index in [0.29, 0.717) is 0 Å². The molecule has 1 saturated carbocycles. The minimum atomic E-state index is 0.761. The molecule has 0 aromatic carbocycles. The fraction of sp³-hybridized carbons (Fsp3) is 0.667. The molecule has 1 aliphatic carbocycles. The van der Waals surface area contributed by atoms with E-state index in [9.17, 15) is 5.26 Å². The van der Waals surface area contributed by atoms with Crippen molar-refractivity contribution in [3.8, 4) is 6.07 Å². The van der Waals surface area contributed by atoms with Crippen LogP contribution in [-0.2, 0) is 12.8 Å². The lowest BCUT2D eigenvalue weighted by molar-refractivity contribution is 0.622. The number of nitriles is 1. The lowest BCUT2D eigenvalue weighted by Gasteiger charge is -2.12. The lowest BCUT2D eigenvalue weighted by atomic mass is 10.1. The summed E-state index contributed by atoms with van der Waals surface area (Å²) in [6, 6.07) is 2.34. The van der Waals surface area contributed by atoms with Gasteiger partial charge in [0, 0.05) is 5.75 Å². The monoisotopic (exact) mass is 275 g/mol. The predicted molar refractivity (Wildman–Crippen MR) is 78.2 cm³/mol. The Labute approximate surface area is 119 Å². The quantitative estimate of drug-likeness (QED) is 0.768. The van der Waals surface area contributed by atoms with Gasteiger partial charge in [0.05, 0.1) is 11.3 Å². The molecule has 2 rings (SSSR count). The Hall–Kier alpha value is -1.08. The molecule has 1 aromatic heterocycles. The summed E-state index contributed by atoms with van der Waals surface area (Å²) in [6.45, 7) is 4.15. The van der Waals surface area contributed by atoms with Crippen LogP contribution in [0.15, 0.2) is 5.03 Å². The van der Waals surface area contributed by atoms with Crippen molar-refractivity contribution in [1.29, 1.82) is 5.26 Å². The molecule has 1 heterocycles. The molecule has 0 unspecified atom stereocenters. The van der Waals surface area contributed by atoms with Crippen molar-refractivity contribution in [2.24, 2.45) is 5.92 Å². The van der Waals surface area contributed by atoms with Crippen LogP contribution in [0.1, 0.15) is 56.4 Å². The molecule has 0 amide bonds. The average molecular weight is 275 g/mol. The molecule has 0 aliphatic heterocycles. The normalized spacial score (nSPS) is 15.6. The second-order valence-corrected chi connectivity index (χ2v) is 6.09. The summed E-state index contributed by atoms with van der Waals surface area (Å²) in [4.78, 5) is 0. The zero-order chi connectivity index (χ0) is 13.7. The van der Waals surface area contributed by atoms with Crippen LogP contribution in [0.25, 0.3) is 0 Å². The highest BCUT2D eigenvalue weighted by Crippen LogP contribution is 2.32. The van der Waals surface area contributed by atoms with E-state index in [1.165, 1.54) is 25.7 Å². The molecule has 1 fully saturated rings. The number of hydrogen-bond acceptors (Lipinski definition) is 4. The summed E-state index contributed by atoms with van der Waals surface area (Å²) in [5.41, 5.74) is 2.83. The summed E-state index contributed by atoms with van der Waals surface area (Å²) in [6.07, 6.45) is 7.08. The first-order chi connectivity index (χ1) is 9.30. The molecule has 0 saturated heterocycles. The summed E-state index contributed by atoms with van der Waals surface area (Å²) >= 11 is 1.72. The van der Waals surface area contributed by atoms with E-state index in [-0.39, 0.29) is 0 Å². The average Bonchev–Trinajstić information content (AvgIpc) is 2.96. The van der Waals surface area contributed by atoms with Crippen LogP contribution in [-0.4, -0.2) is 16.0 Å². The maximum atomic E-state index is 9.41. The number of aryl methyl sites for hydroxylation is 1. The summed E-state index contributed by atoms with van der Waals surface area (Å²) < 4.78 is 0. The van der Waals surface area contributed by atoms with Crippen LogP contribution in [0.3, 0.4) is 0 Å². The third kappa shape index (κ3) is 3.27. The van der Waals surface area contributed by atoms with Gasteiger partial charge in [-0.05, 0) is 37.2 Å². The van der Waals surface area contributed by atoms with Crippen molar-refractivity contribution in [2.45, 2.75) is 57.4 Å². The molecule has 0 spiro atoms. The highest BCUT2D eigenvalue weighted by Gasteiger charge is 2.19. The van der Waals surface area contributed by atoms with E-state index in [0.717, 1.165) is 46.4 Å². The van der Waals surface area contributed by atoms with Crippen molar-refractivity contribution in [3.63, 3.8) is 0 Å². The number of aromatic nitrogens is 2. The van der Waals surface area contributed by atoms with E-state index in [1.807, 2.05) is 0 Å². The molecular weight excluding hydrogens is 254 g/mol. The smallest absolute Gasteiger partial charge is 0.137 e. The number of rotatable bonds is 5. The van der Waals surface area contributed by atoms with Gasteiger partial charge in [-0.3, -0.25) is 0 Å². The van der Waals surface area contributed by atoms with Crippen LogP contribution in [0.4, 0.5) is 0 Å². The van der Waals surface area contributed by atoms with Crippen molar-refractivity contribution >= 4 is 11.8 Å².